The molecule has 2 N–H and O–H groups in total. The molecular weight excluding hydrogens is 411 g/mol. The first kappa shape index (κ1) is 19.6. The summed E-state index contributed by atoms with van der Waals surface area (Å²) in [6.07, 6.45) is 6.33. The maximum absolute atomic E-state index is 5.49. The number of aromatic amines is 1. The Hall–Kier alpha value is -0.410. The highest BCUT2D eigenvalue weighted by Gasteiger charge is 2.32. The lowest BCUT2D eigenvalue weighted by Gasteiger charge is -2.36. The van der Waals surface area contributed by atoms with Crippen molar-refractivity contribution in [3.8, 4) is 0 Å². The normalized spacial score (nSPS) is 17.7. The van der Waals surface area contributed by atoms with Gasteiger partial charge in [0.15, 0.2) is 5.96 Å². The molecule has 0 spiro atoms. The van der Waals surface area contributed by atoms with Crippen molar-refractivity contribution >= 4 is 41.7 Å². The molecule has 0 aliphatic carbocycles. The molecule has 1 saturated heterocycles. The number of aliphatic imine (C=N–C) groups is 1. The molecule has 0 bridgehead atoms. The van der Waals surface area contributed by atoms with Crippen molar-refractivity contribution in [2.24, 2.45) is 4.99 Å². The lowest BCUT2D eigenvalue weighted by Crippen LogP contribution is -2.48. The number of aromatic nitrogens is 1. The second-order valence-electron chi connectivity index (χ2n) is 5.45. The van der Waals surface area contributed by atoms with Crippen LogP contribution in [-0.4, -0.2) is 60.7 Å². The summed E-state index contributed by atoms with van der Waals surface area (Å²) in [5, 5.41) is 3.53. The summed E-state index contributed by atoms with van der Waals surface area (Å²) in [6.45, 7) is 3.47. The topological polar surface area (TPSA) is 52.7 Å². The molecule has 1 aliphatic heterocycles. The maximum Gasteiger partial charge on any atom is 0.193 e. The third-order valence-electron chi connectivity index (χ3n) is 4.05. The van der Waals surface area contributed by atoms with Gasteiger partial charge in [0.2, 0.25) is 0 Å². The summed E-state index contributed by atoms with van der Waals surface area (Å²) in [4.78, 5) is 9.76. The summed E-state index contributed by atoms with van der Waals surface area (Å²) in [6, 6.07) is 4.11. The van der Waals surface area contributed by atoms with E-state index in [1.165, 1.54) is 5.69 Å². The average molecular weight is 438 g/mol. The van der Waals surface area contributed by atoms with Crippen LogP contribution in [-0.2, 0) is 11.3 Å². The molecule has 0 amide bonds. The van der Waals surface area contributed by atoms with Gasteiger partial charge in [-0.05, 0) is 31.2 Å². The zero-order chi connectivity index (χ0) is 15.1. The van der Waals surface area contributed by atoms with Gasteiger partial charge in [-0.1, -0.05) is 0 Å². The molecule has 0 atom stereocenters. The SMILES string of the molecule is CN=C(NCC1(SC)CCOCC1)N(C)Cc1ccc[nH]1.I. The molecule has 1 fully saturated rings. The first-order chi connectivity index (χ1) is 10.2. The summed E-state index contributed by atoms with van der Waals surface area (Å²) < 4.78 is 5.76. The van der Waals surface area contributed by atoms with Crippen LogP contribution in [0.5, 0.6) is 0 Å². The Bertz CT molecular complexity index is 446. The third kappa shape index (κ3) is 5.34. The Morgan fingerprint density at radius 3 is 2.77 bits per heavy atom. The lowest BCUT2D eigenvalue weighted by molar-refractivity contribution is 0.0781. The third-order valence-corrected chi connectivity index (χ3v) is 5.47. The molecule has 0 unspecified atom stereocenters. The molecule has 5 nitrogen and oxygen atoms in total. The molecule has 0 aromatic carbocycles. The van der Waals surface area contributed by atoms with Crippen molar-refractivity contribution in [1.82, 2.24) is 15.2 Å². The summed E-state index contributed by atoms with van der Waals surface area (Å²) in [5.74, 6) is 0.935. The fourth-order valence-electron chi connectivity index (χ4n) is 2.62. The van der Waals surface area contributed by atoms with Gasteiger partial charge in [-0.3, -0.25) is 4.99 Å². The van der Waals surface area contributed by atoms with Gasteiger partial charge in [0.05, 0.1) is 6.54 Å². The average Bonchev–Trinajstić information content (AvgIpc) is 3.01. The Labute approximate surface area is 154 Å². The van der Waals surface area contributed by atoms with E-state index in [4.69, 9.17) is 4.74 Å². The van der Waals surface area contributed by atoms with Crippen molar-refractivity contribution in [3.63, 3.8) is 0 Å². The minimum absolute atomic E-state index is 0. The number of halogens is 1. The smallest absolute Gasteiger partial charge is 0.193 e. The molecule has 7 heteroatoms. The van der Waals surface area contributed by atoms with Crippen molar-refractivity contribution < 1.29 is 4.74 Å². The Kier molecular flexibility index (Phi) is 8.63. The lowest BCUT2D eigenvalue weighted by atomic mass is 9.99. The van der Waals surface area contributed by atoms with Crippen molar-refractivity contribution in [2.45, 2.75) is 24.1 Å². The molecular formula is C15H27IN4OS. The number of hydrogen-bond donors (Lipinski definition) is 2. The highest BCUT2D eigenvalue weighted by molar-refractivity contribution is 14.0. The quantitative estimate of drug-likeness (QED) is 0.422. The largest absolute Gasteiger partial charge is 0.381 e. The van der Waals surface area contributed by atoms with E-state index < -0.39 is 0 Å². The number of hydrogen-bond acceptors (Lipinski definition) is 3. The van der Waals surface area contributed by atoms with E-state index in [9.17, 15) is 0 Å². The molecule has 2 heterocycles. The zero-order valence-corrected chi connectivity index (χ0v) is 16.7. The molecule has 1 aliphatic rings. The van der Waals surface area contributed by atoms with Crippen molar-refractivity contribution in [3.05, 3.63) is 24.0 Å². The summed E-state index contributed by atoms with van der Waals surface area (Å²) >= 11 is 1.94. The van der Waals surface area contributed by atoms with E-state index in [0.29, 0.717) is 0 Å². The van der Waals surface area contributed by atoms with Crippen LogP contribution in [0.25, 0.3) is 0 Å². The van der Waals surface area contributed by atoms with Crippen molar-refractivity contribution in [1.29, 1.82) is 0 Å². The maximum atomic E-state index is 5.49. The van der Waals surface area contributed by atoms with Crippen LogP contribution < -0.4 is 5.32 Å². The predicted octanol–water partition coefficient (Wildman–Crippen LogP) is 2.55. The molecule has 22 heavy (non-hydrogen) atoms. The van der Waals surface area contributed by atoms with Gasteiger partial charge in [-0.25, -0.2) is 0 Å². The minimum atomic E-state index is 0. The van der Waals surface area contributed by atoms with Gasteiger partial charge >= 0.3 is 0 Å². The fraction of sp³-hybridized carbons (Fsp3) is 0.667. The second kappa shape index (κ2) is 9.67. The predicted molar refractivity (Wildman–Crippen MR) is 105 cm³/mol. The molecule has 1 aromatic rings. The first-order valence-electron chi connectivity index (χ1n) is 7.36. The number of rotatable bonds is 5. The van der Waals surface area contributed by atoms with Gasteiger partial charge < -0.3 is 19.9 Å². The Morgan fingerprint density at radius 1 is 1.50 bits per heavy atom. The molecule has 2 rings (SSSR count). The minimum Gasteiger partial charge on any atom is -0.381 e. The van der Waals surface area contributed by atoms with Gasteiger partial charge in [0.25, 0.3) is 0 Å². The standard InChI is InChI=1S/C15H26N4OS.HI/c1-16-14(19(2)11-13-5-4-8-17-13)18-12-15(21-3)6-9-20-10-7-15;/h4-5,8,17H,6-7,9-12H2,1-3H3,(H,16,18);1H. The molecule has 0 radical (unpaired) electrons. The Balaban J connectivity index is 0.00000242. The number of nitrogens with zero attached hydrogens (tertiary/aromatic N) is 2. The fourth-order valence-corrected chi connectivity index (χ4v) is 3.41. The van der Waals surface area contributed by atoms with Gasteiger partial charge in [0, 0.05) is 50.5 Å². The number of ether oxygens (including phenoxy) is 1. The van der Waals surface area contributed by atoms with Crippen LogP contribution in [0.15, 0.2) is 23.3 Å². The van der Waals surface area contributed by atoms with Crippen LogP contribution in [0.4, 0.5) is 0 Å². The van der Waals surface area contributed by atoms with Crippen LogP contribution in [0.3, 0.4) is 0 Å². The van der Waals surface area contributed by atoms with Crippen molar-refractivity contribution in [2.75, 3.05) is 40.1 Å². The molecule has 1 aromatic heterocycles. The van der Waals surface area contributed by atoms with Crippen LogP contribution >= 0.6 is 35.7 Å². The van der Waals surface area contributed by atoms with E-state index in [1.807, 2.05) is 31.1 Å². The Morgan fingerprint density at radius 2 is 2.23 bits per heavy atom. The highest BCUT2D eigenvalue weighted by Crippen LogP contribution is 2.32. The van der Waals surface area contributed by atoms with Crippen LogP contribution in [0.2, 0.25) is 0 Å². The summed E-state index contributed by atoms with van der Waals surface area (Å²) in [7, 11) is 3.90. The second-order valence-corrected chi connectivity index (χ2v) is 6.73. The number of thioether (sulfide) groups is 1. The number of H-pyrrole nitrogens is 1. The number of guanidine groups is 1. The van der Waals surface area contributed by atoms with Gasteiger partial charge in [-0.15, -0.1) is 24.0 Å². The van der Waals surface area contributed by atoms with Gasteiger partial charge in [-0.2, -0.15) is 11.8 Å². The highest BCUT2D eigenvalue weighted by atomic mass is 127. The first-order valence-corrected chi connectivity index (χ1v) is 8.58. The zero-order valence-electron chi connectivity index (χ0n) is 13.6. The molecule has 0 saturated carbocycles. The van der Waals surface area contributed by atoms with E-state index in [-0.39, 0.29) is 28.7 Å². The number of nitrogens with one attached hydrogen (secondary N) is 2. The van der Waals surface area contributed by atoms with E-state index >= 15 is 0 Å². The van der Waals surface area contributed by atoms with E-state index in [1.54, 1.807) is 0 Å². The summed E-state index contributed by atoms with van der Waals surface area (Å²) in [5.41, 5.74) is 1.19. The van der Waals surface area contributed by atoms with Crippen LogP contribution in [0, 0.1) is 0 Å². The monoisotopic (exact) mass is 438 g/mol. The van der Waals surface area contributed by atoms with E-state index in [2.05, 4.69) is 39.6 Å². The van der Waals surface area contributed by atoms with Crippen LogP contribution in [0.1, 0.15) is 18.5 Å². The van der Waals surface area contributed by atoms with Gasteiger partial charge in [0.1, 0.15) is 0 Å². The van der Waals surface area contributed by atoms with E-state index in [0.717, 1.165) is 45.1 Å². The molecule has 126 valence electrons.